The Labute approximate surface area is 95.0 Å². The molecule has 88 valence electrons. The normalized spacial score (nSPS) is 16.5. The Hall–Kier alpha value is -1.36. The summed E-state index contributed by atoms with van der Waals surface area (Å²) in [6.45, 7) is 4.64. The average molecular weight is 223 g/mol. The number of rotatable bonds is 2. The first-order valence-corrected chi connectivity index (χ1v) is 5.62. The minimum absolute atomic E-state index is 0.0537. The van der Waals surface area contributed by atoms with Crippen LogP contribution in [-0.2, 0) is 18.2 Å². The van der Waals surface area contributed by atoms with Crippen molar-refractivity contribution in [2.24, 2.45) is 7.05 Å². The molecule has 0 aliphatic carbocycles. The maximum Gasteiger partial charge on any atom is 0.272 e. The van der Waals surface area contributed by atoms with Gasteiger partial charge in [-0.15, -0.1) is 0 Å². The third-order valence-corrected chi connectivity index (χ3v) is 2.81. The lowest BCUT2D eigenvalue weighted by atomic mass is 10.2. The summed E-state index contributed by atoms with van der Waals surface area (Å²) in [7, 11) is 1.81. The highest BCUT2D eigenvalue weighted by Crippen LogP contribution is 2.09. The molecule has 0 N–H and O–H groups in total. The Bertz CT molecular complexity index is 381. The molecule has 0 bridgehead atoms. The molecule has 0 radical (unpaired) electrons. The van der Waals surface area contributed by atoms with Gasteiger partial charge in [0.15, 0.2) is 0 Å². The first-order valence-electron chi connectivity index (χ1n) is 5.62. The predicted molar refractivity (Wildman–Crippen MR) is 59.3 cm³/mol. The van der Waals surface area contributed by atoms with E-state index in [2.05, 4.69) is 5.10 Å². The Morgan fingerprint density at radius 3 is 2.75 bits per heavy atom. The van der Waals surface area contributed by atoms with E-state index >= 15 is 0 Å². The van der Waals surface area contributed by atoms with E-state index in [1.54, 1.807) is 4.68 Å². The Morgan fingerprint density at radius 2 is 2.19 bits per heavy atom. The van der Waals surface area contributed by atoms with Crippen molar-refractivity contribution in [3.63, 3.8) is 0 Å². The first-order chi connectivity index (χ1) is 7.72. The maximum absolute atomic E-state index is 12.2. The number of ether oxygens (including phenoxy) is 1. The van der Waals surface area contributed by atoms with Gasteiger partial charge in [0, 0.05) is 20.1 Å². The molecule has 2 heterocycles. The molecule has 5 nitrogen and oxygen atoms in total. The van der Waals surface area contributed by atoms with E-state index in [4.69, 9.17) is 4.74 Å². The van der Waals surface area contributed by atoms with Gasteiger partial charge in [-0.05, 0) is 12.5 Å². The third kappa shape index (κ3) is 2.09. The number of amides is 1. The van der Waals surface area contributed by atoms with Gasteiger partial charge in [0.05, 0.1) is 18.9 Å². The van der Waals surface area contributed by atoms with E-state index in [1.807, 2.05) is 24.9 Å². The first kappa shape index (κ1) is 11.1. The Morgan fingerprint density at radius 1 is 1.50 bits per heavy atom. The van der Waals surface area contributed by atoms with Crippen LogP contribution >= 0.6 is 0 Å². The fourth-order valence-electron chi connectivity index (χ4n) is 1.83. The molecule has 5 heteroatoms. The predicted octanol–water partition coefficient (Wildman–Crippen LogP) is 0.455. The average Bonchev–Trinajstić information content (AvgIpc) is 2.71. The maximum atomic E-state index is 12.2. The van der Waals surface area contributed by atoms with Crippen molar-refractivity contribution in [3.05, 3.63) is 17.5 Å². The molecule has 1 saturated heterocycles. The number of aryl methyl sites for hydroxylation is 2. The van der Waals surface area contributed by atoms with Crippen molar-refractivity contribution in [2.45, 2.75) is 13.3 Å². The summed E-state index contributed by atoms with van der Waals surface area (Å²) >= 11 is 0. The lowest BCUT2D eigenvalue weighted by molar-refractivity contribution is 0.0295. The van der Waals surface area contributed by atoms with Gasteiger partial charge in [0.25, 0.3) is 5.91 Å². The van der Waals surface area contributed by atoms with Gasteiger partial charge in [-0.2, -0.15) is 5.10 Å². The molecule has 1 aliphatic rings. The molecular formula is C11H17N3O2. The minimum Gasteiger partial charge on any atom is -0.378 e. The zero-order valence-corrected chi connectivity index (χ0v) is 9.77. The van der Waals surface area contributed by atoms with Crippen LogP contribution < -0.4 is 0 Å². The topological polar surface area (TPSA) is 47.4 Å². The fraction of sp³-hybridized carbons (Fsp3) is 0.636. The molecule has 1 aromatic rings. The zero-order chi connectivity index (χ0) is 11.5. The number of carbonyl (C=O) groups excluding carboxylic acids is 1. The highest BCUT2D eigenvalue weighted by molar-refractivity contribution is 5.92. The van der Waals surface area contributed by atoms with Gasteiger partial charge in [-0.25, -0.2) is 0 Å². The lowest BCUT2D eigenvalue weighted by Gasteiger charge is -2.26. The summed E-state index contributed by atoms with van der Waals surface area (Å²) in [5.74, 6) is 0.0537. The smallest absolute Gasteiger partial charge is 0.272 e. The summed E-state index contributed by atoms with van der Waals surface area (Å²) in [6.07, 6.45) is 0.851. The monoisotopic (exact) mass is 223 g/mol. The summed E-state index contributed by atoms with van der Waals surface area (Å²) in [4.78, 5) is 14.0. The van der Waals surface area contributed by atoms with Gasteiger partial charge in [0.2, 0.25) is 0 Å². The zero-order valence-electron chi connectivity index (χ0n) is 9.77. The van der Waals surface area contributed by atoms with Crippen molar-refractivity contribution in [1.29, 1.82) is 0 Å². The van der Waals surface area contributed by atoms with Crippen LogP contribution in [0.15, 0.2) is 6.07 Å². The SMILES string of the molecule is CCc1cc(C(=O)N2CCOCC2)n(C)n1. The van der Waals surface area contributed by atoms with Crippen LogP contribution in [0.3, 0.4) is 0 Å². The van der Waals surface area contributed by atoms with Crippen molar-refractivity contribution in [2.75, 3.05) is 26.3 Å². The summed E-state index contributed by atoms with van der Waals surface area (Å²) in [6, 6.07) is 1.87. The molecule has 0 spiro atoms. The molecule has 0 aromatic carbocycles. The number of carbonyl (C=O) groups is 1. The van der Waals surface area contributed by atoms with Gasteiger partial charge in [-0.1, -0.05) is 6.92 Å². The highest BCUT2D eigenvalue weighted by atomic mass is 16.5. The summed E-state index contributed by atoms with van der Waals surface area (Å²) in [5, 5.41) is 4.28. The van der Waals surface area contributed by atoms with E-state index in [1.165, 1.54) is 0 Å². The molecule has 0 atom stereocenters. The number of aromatic nitrogens is 2. The van der Waals surface area contributed by atoms with Gasteiger partial charge < -0.3 is 9.64 Å². The fourth-order valence-corrected chi connectivity index (χ4v) is 1.83. The van der Waals surface area contributed by atoms with E-state index in [0.29, 0.717) is 32.0 Å². The molecule has 0 saturated carbocycles. The lowest BCUT2D eigenvalue weighted by Crippen LogP contribution is -2.41. The number of hydrogen-bond donors (Lipinski definition) is 0. The molecule has 16 heavy (non-hydrogen) atoms. The van der Waals surface area contributed by atoms with E-state index in [0.717, 1.165) is 12.1 Å². The number of nitrogens with zero attached hydrogens (tertiary/aromatic N) is 3. The van der Waals surface area contributed by atoms with Crippen LogP contribution in [0.25, 0.3) is 0 Å². The second-order valence-electron chi connectivity index (χ2n) is 3.90. The molecule has 1 aliphatic heterocycles. The largest absolute Gasteiger partial charge is 0.378 e. The number of morpholine rings is 1. The summed E-state index contributed by atoms with van der Waals surface area (Å²) in [5.41, 5.74) is 1.62. The Kier molecular flexibility index (Phi) is 3.24. The Balaban J connectivity index is 2.15. The van der Waals surface area contributed by atoms with Gasteiger partial charge >= 0.3 is 0 Å². The second-order valence-corrected chi connectivity index (χ2v) is 3.90. The standard InChI is InChI=1S/C11H17N3O2/c1-3-9-8-10(13(2)12-9)11(15)14-4-6-16-7-5-14/h8H,3-7H2,1-2H3. The van der Waals surface area contributed by atoms with Crippen molar-refractivity contribution < 1.29 is 9.53 Å². The molecule has 0 unspecified atom stereocenters. The molecule has 1 aromatic heterocycles. The third-order valence-electron chi connectivity index (χ3n) is 2.81. The second kappa shape index (κ2) is 4.65. The molecule has 1 fully saturated rings. The quantitative estimate of drug-likeness (QED) is 0.731. The molecule has 2 rings (SSSR count). The van der Waals surface area contributed by atoms with Crippen LogP contribution in [0.5, 0.6) is 0 Å². The van der Waals surface area contributed by atoms with Gasteiger partial charge in [-0.3, -0.25) is 9.48 Å². The van der Waals surface area contributed by atoms with Gasteiger partial charge in [0.1, 0.15) is 5.69 Å². The van der Waals surface area contributed by atoms with Crippen molar-refractivity contribution in [1.82, 2.24) is 14.7 Å². The van der Waals surface area contributed by atoms with Crippen molar-refractivity contribution >= 4 is 5.91 Å². The van der Waals surface area contributed by atoms with E-state index < -0.39 is 0 Å². The van der Waals surface area contributed by atoms with E-state index in [-0.39, 0.29) is 5.91 Å². The van der Waals surface area contributed by atoms with Crippen LogP contribution in [0, 0.1) is 0 Å². The van der Waals surface area contributed by atoms with Crippen LogP contribution in [0.1, 0.15) is 23.1 Å². The van der Waals surface area contributed by atoms with Crippen LogP contribution in [0.4, 0.5) is 0 Å². The minimum atomic E-state index is 0.0537. The summed E-state index contributed by atoms with van der Waals surface area (Å²) < 4.78 is 6.89. The highest BCUT2D eigenvalue weighted by Gasteiger charge is 2.21. The molecule has 1 amide bonds. The number of hydrogen-bond acceptors (Lipinski definition) is 3. The van der Waals surface area contributed by atoms with Crippen LogP contribution in [-0.4, -0.2) is 46.9 Å². The molecular weight excluding hydrogens is 206 g/mol. The van der Waals surface area contributed by atoms with Crippen LogP contribution in [0.2, 0.25) is 0 Å². The van der Waals surface area contributed by atoms with Crippen molar-refractivity contribution in [3.8, 4) is 0 Å². The van der Waals surface area contributed by atoms with E-state index in [9.17, 15) is 4.79 Å².